The highest BCUT2D eigenvalue weighted by Gasteiger charge is 2.18. The van der Waals surface area contributed by atoms with Gasteiger partial charge in [-0.3, -0.25) is 4.68 Å². The largest absolute Gasteiger partial charge is 0.336 e. The average molecular weight is 237 g/mol. The third kappa shape index (κ3) is 3.45. The summed E-state index contributed by atoms with van der Waals surface area (Å²) in [5, 5.41) is 10.3. The second-order valence-electron chi connectivity index (χ2n) is 4.30. The Labute approximate surface area is 101 Å². The lowest BCUT2D eigenvalue weighted by Gasteiger charge is -2.17. The highest BCUT2D eigenvalue weighted by atomic mass is 16.2. The van der Waals surface area contributed by atoms with E-state index in [0.717, 1.165) is 32.7 Å². The second-order valence-corrected chi connectivity index (χ2v) is 4.30. The van der Waals surface area contributed by atoms with Crippen LogP contribution in [0.3, 0.4) is 0 Å². The van der Waals surface area contributed by atoms with Crippen molar-refractivity contribution in [1.29, 1.82) is 0 Å². The Bertz CT molecular complexity index is 351. The van der Waals surface area contributed by atoms with Crippen molar-refractivity contribution >= 4 is 6.03 Å². The molecule has 0 aromatic carbocycles. The van der Waals surface area contributed by atoms with Gasteiger partial charge in [0.1, 0.15) is 0 Å². The second kappa shape index (κ2) is 5.67. The molecule has 1 atom stereocenters. The van der Waals surface area contributed by atoms with Crippen LogP contribution < -0.4 is 10.6 Å². The van der Waals surface area contributed by atoms with E-state index in [0.29, 0.717) is 6.04 Å². The molecule has 1 aromatic heterocycles. The average Bonchev–Trinajstić information content (AvgIpc) is 2.91. The number of carbonyl (C=O) groups excluding carboxylic acids is 1. The van der Waals surface area contributed by atoms with Gasteiger partial charge in [0.15, 0.2) is 0 Å². The quantitative estimate of drug-likeness (QED) is 0.725. The topological polar surface area (TPSA) is 62.2 Å². The predicted octanol–water partition coefficient (Wildman–Crippen LogP) is -0.114. The summed E-state index contributed by atoms with van der Waals surface area (Å²) in [7, 11) is 0. The summed E-state index contributed by atoms with van der Waals surface area (Å²) in [6, 6.07) is 2.31. The molecule has 2 rings (SSSR count). The minimum Gasteiger partial charge on any atom is -0.336 e. The monoisotopic (exact) mass is 237 g/mol. The first-order chi connectivity index (χ1) is 8.25. The summed E-state index contributed by atoms with van der Waals surface area (Å²) < 4.78 is 1.90. The Morgan fingerprint density at radius 1 is 1.65 bits per heavy atom. The minimum atomic E-state index is 0.0477. The number of nitrogens with one attached hydrogen (secondary N) is 2. The van der Waals surface area contributed by atoms with Crippen LogP contribution >= 0.6 is 0 Å². The normalized spacial score (nSPS) is 17.2. The molecule has 1 aliphatic rings. The SMILES string of the molecule is CC(Cn1cccn1)NCCN1CCNC1=O. The van der Waals surface area contributed by atoms with Crippen molar-refractivity contribution in [2.45, 2.75) is 19.5 Å². The van der Waals surface area contributed by atoms with Crippen molar-refractivity contribution in [3.8, 4) is 0 Å². The van der Waals surface area contributed by atoms with Crippen LogP contribution in [0.15, 0.2) is 18.5 Å². The van der Waals surface area contributed by atoms with Crippen molar-refractivity contribution in [3.05, 3.63) is 18.5 Å². The molecule has 94 valence electrons. The lowest BCUT2D eigenvalue weighted by molar-refractivity contribution is 0.216. The van der Waals surface area contributed by atoms with Crippen LogP contribution in [0.5, 0.6) is 0 Å². The molecule has 0 bridgehead atoms. The van der Waals surface area contributed by atoms with Gasteiger partial charge in [-0.05, 0) is 13.0 Å². The van der Waals surface area contributed by atoms with Gasteiger partial charge < -0.3 is 15.5 Å². The number of urea groups is 1. The number of aromatic nitrogens is 2. The zero-order valence-corrected chi connectivity index (χ0v) is 10.1. The lowest BCUT2D eigenvalue weighted by Crippen LogP contribution is -2.39. The van der Waals surface area contributed by atoms with Gasteiger partial charge in [0.2, 0.25) is 0 Å². The van der Waals surface area contributed by atoms with Crippen LogP contribution in [0.2, 0.25) is 0 Å². The molecule has 1 aliphatic heterocycles. The van der Waals surface area contributed by atoms with E-state index in [9.17, 15) is 4.79 Å². The standard InChI is InChI=1S/C11H19N5O/c1-10(9-16-6-2-3-14-16)12-4-7-15-8-5-13-11(15)17/h2-3,6,10,12H,4-5,7-9H2,1H3,(H,13,17). The van der Waals surface area contributed by atoms with E-state index in [2.05, 4.69) is 22.7 Å². The van der Waals surface area contributed by atoms with Gasteiger partial charge in [-0.15, -0.1) is 0 Å². The summed E-state index contributed by atoms with van der Waals surface area (Å²) in [5.74, 6) is 0. The van der Waals surface area contributed by atoms with Crippen LogP contribution in [0.1, 0.15) is 6.92 Å². The van der Waals surface area contributed by atoms with Gasteiger partial charge in [0, 0.05) is 44.6 Å². The van der Waals surface area contributed by atoms with Crippen molar-refractivity contribution in [3.63, 3.8) is 0 Å². The van der Waals surface area contributed by atoms with E-state index in [1.807, 2.05) is 21.8 Å². The van der Waals surface area contributed by atoms with E-state index in [1.54, 1.807) is 6.20 Å². The molecule has 1 saturated heterocycles. The van der Waals surface area contributed by atoms with Crippen LogP contribution in [0.4, 0.5) is 4.79 Å². The van der Waals surface area contributed by atoms with Crippen LogP contribution in [-0.2, 0) is 6.54 Å². The summed E-state index contributed by atoms with van der Waals surface area (Å²) in [6.45, 7) is 6.12. The fourth-order valence-electron chi connectivity index (χ4n) is 1.92. The third-order valence-corrected chi connectivity index (χ3v) is 2.84. The number of hydrogen-bond acceptors (Lipinski definition) is 3. The summed E-state index contributed by atoms with van der Waals surface area (Å²) in [5.41, 5.74) is 0. The molecule has 2 amide bonds. The highest BCUT2D eigenvalue weighted by molar-refractivity contribution is 5.76. The molecule has 6 heteroatoms. The van der Waals surface area contributed by atoms with Crippen LogP contribution in [0, 0.1) is 0 Å². The molecular weight excluding hydrogens is 218 g/mol. The molecule has 1 unspecified atom stereocenters. The molecule has 2 N–H and O–H groups in total. The number of amides is 2. The van der Waals surface area contributed by atoms with E-state index >= 15 is 0 Å². The molecule has 17 heavy (non-hydrogen) atoms. The van der Waals surface area contributed by atoms with Gasteiger partial charge in [-0.25, -0.2) is 4.79 Å². The van der Waals surface area contributed by atoms with Crippen molar-refractivity contribution in [2.24, 2.45) is 0 Å². The molecule has 6 nitrogen and oxygen atoms in total. The minimum absolute atomic E-state index is 0.0477. The first kappa shape index (κ1) is 11.9. The van der Waals surface area contributed by atoms with Crippen molar-refractivity contribution in [2.75, 3.05) is 26.2 Å². The Kier molecular flexibility index (Phi) is 3.98. The van der Waals surface area contributed by atoms with Crippen molar-refractivity contribution in [1.82, 2.24) is 25.3 Å². The molecule has 0 saturated carbocycles. The first-order valence-electron chi connectivity index (χ1n) is 5.99. The van der Waals surface area contributed by atoms with Gasteiger partial charge >= 0.3 is 6.03 Å². The maximum Gasteiger partial charge on any atom is 0.317 e. The first-order valence-corrected chi connectivity index (χ1v) is 5.99. The molecule has 2 heterocycles. The fourth-order valence-corrected chi connectivity index (χ4v) is 1.92. The Morgan fingerprint density at radius 2 is 2.53 bits per heavy atom. The van der Waals surface area contributed by atoms with E-state index in [4.69, 9.17) is 0 Å². The Balaban J connectivity index is 1.63. The summed E-state index contributed by atoms with van der Waals surface area (Å²) in [4.78, 5) is 13.1. The summed E-state index contributed by atoms with van der Waals surface area (Å²) >= 11 is 0. The maximum absolute atomic E-state index is 11.3. The van der Waals surface area contributed by atoms with Crippen molar-refractivity contribution < 1.29 is 4.79 Å². The number of nitrogens with zero attached hydrogens (tertiary/aromatic N) is 3. The molecular formula is C11H19N5O. The smallest absolute Gasteiger partial charge is 0.317 e. The zero-order chi connectivity index (χ0) is 12.1. The maximum atomic E-state index is 11.3. The molecule has 1 fully saturated rings. The fraction of sp³-hybridized carbons (Fsp3) is 0.636. The van der Waals surface area contributed by atoms with Gasteiger partial charge in [-0.2, -0.15) is 5.10 Å². The van der Waals surface area contributed by atoms with E-state index in [1.165, 1.54) is 0 Å². The number of rotatable bonds is 6. The zero-order valence-electron chi connectivity index (χ0n) is 10.1. The van der Waals surface area contributed by atoms with Gasteiger partial charge in [-0.1, -0.05) is 0 Å². The third-order valence-electron chi connectivity index (χ3n) is 2.84. The van der Waals surface area contributed by atoms with E-state index < -0.39 is 0 Å². The highest BCUT2D eigenvalue weighted by Crippen LogP contribution is 1.95. The molecule has 1 aromatic rings. The van der Waals surface area contributed by atoms with Gasteiger partial charge in [0.25, 0.3) is 0 Å². The van der Waals surface area contributed by atoms with E-state index in [-0.39, 0.29) is 6.03 Å². The van der Waals surface area contributed by atoms with Crippen LogP contribution in [-0.4, -0.2) is 52.9 Å². The Morgan fingerprint density at radius 3 is 3.18 bits per heavy atom. The lowest BCUT2D eigenvalue weighted by atomic mass is 10.3. The molecule has 0 spiro atoms. The number of hydrogen-bond donors (Lipinski definition) is 2. The summed E-state index contributed by atoms with van der Waals surface area (Å²) in [6.07, 6.45) is 3.73. The molecule has 0 radical (unpaired) electrons. The molecule has 0 aliphatic carbocycles. The van der Waals surface area contributed by atoms with Crippen LogP contribution in [0.25, 0.3) is 0 Å². The predicted molar refractivity (Wildman–Crippen MR) is 64.7 cm³/mol. The number of carbonyl (C=O) groups is 1. The Hall–Kier alpha value is -1.56. The van der Waals surface area contributed by atoms with Gasteiger partial charge in [0.05, 0.1) is 6.54 Å².